The molecule has 5 rings (SSSR count). The Bertz CT molecular complexity index is 943. The Hall–Kier alpha value is -1.95. The van der Waals surface area contributed by atoms with Crippen molar-refractivity contribution < 1.29 is 0 Å². The van der Waals surface area contributed by atoms with Crippen LogP contribution in [0.4, 0.5) is 0 Å². The van der Waals surface area contributed by atoms with E-state index in [9.17, 15) is 0 Å². The van der Waals surface area contributed by atoms with Crippen molar-refractivity contribution in [3.05, 3.63) is 80.5 Å². The number of benzene rings is 2. The molecule has 0 N–H and O–H groups in total. The summed E-state index contributed by atoms with van der Waals surface area (Å²) in [5, 5.41) is 6.88. The minimum absolute atomic E-state index is 0.372. The van der Waals surface area contributed by atoms with Crippen molar-refractivity contribution in [3.63, 3.8) is 0 Å². The summed E-state index contributed by atoms with van der Waals surface area (Å²) >= 11 is 5.22. The molecule has 27 heavy (non-hydrogen) atoms. The van der Waals surface area contributed by atoms with Gasteiger partial charge in [0.25, 0.3) is 0 Å². The Labute approximate surface area is 172 Å². The standard InChI is InChI=1S/C22H20BrN3S/c23-21-10-9-16(27-21)15-24-26-13-11-25(12-14-26)22-19-7-3-1-5-17(19)18-6-2-4-8-20(18)22/h1-10,15,22H,11-14H2/b24-15+. The molecule has 0 saturated carbocycles. The van der Waals surface area contributed by atoms with Crippen LogP contribution in [0.25, 0.3) is 11.1 Å². The van der Waals surface area contributed by atoms with Gasteiger partial charge in [0.15, 0.2) is 0 Å². The molecule has 0 bridgehead atoms. The van der Waals surface area contributed by atoms with Crippen molar-refractivity contribution in [3.8, 4) is 11.1 Å². The molecule has 5 heteroatoms. The third-order valence-electron chi connectivity index (χ3n) is 5.40. The lowest BCUT2D eigenvalue weighted by Gasteiger charge is -2.37. The Morgan fingerprint density at radius 2 is 1.48 bits per heavy atom. The first-order valence-electron chi connectivity index (χ1n) is 9.26. The molecule has 136 valence electrons. The first-order chi connectivity index (χ1) is 13.3. The third-order valence-corrected chi connectivity index (χ3v) is 6.96. The minimum atomic E-state index is 0.372. The lowest BCUT2D eigenvalue weighted by Crippen LogP contribution is -2.45. The van der Waals surface area contributed by atoms with Gasteiger partial charge in [0.05, 0.1) is 16.0 Å². The van der Waals surface area contributed by atoms with Crippen LogP contribution in [-0.2, 0) is 0 Å². The third kappa shape index (κ3) is 3.24. The van der Waals surface area contributed by atoms with Crippen LogP contribution < -0.4 is 0 Å². The van der Waals surface area contributed by atoms with E-state index in [1.807, 2.05) is 6.21 Å². The second kappa shape index (κ2) is 7.23. The highest BCUT2D eigenvalue weighted by atomic mass is 79.9. The molecule has 0 amide bonds. The van der Waals surface area contributed by atoms with Gasteiger partial charge in [-0.1, -0.05) is 48.5 Å². The Morgan fingerprint density at radius 3 is 2.07 bits per heavy atom. The van der Waals surface area contributed by atoms with E-state index in [4.69, 9.17) is 0 Å². The van der Waals surface area contributed by atoms with E-state index in [-0.39, 0.29) is 0 Å². The van der Waals surface area contributed by atoms with Gasteiger partial charge in [-0.15, -0.1) is 11.3 Å². The number of fused-ring (bicyclic) bond motifs is 3. The molecule has 0 radical (unpaired) electrons. The number of hydrogen-bond donors (Lipinski definition) is 0. The Morgan fingerprint density at radius 1 is 0.852 bits per heavy atom. The molecule has 0 spiro atoms. The van der Waals surface area contributed by atoms with Crippen LogP contribution >= 0.6 is 27.3 Å². The van der Waals surface area contributed by atoms with E-state index < -0.39 is 0 Å². The predicted molar refractivity (Wildman–Crippen MR) is 116 cm³/mol. The predicted octanol–water partition coefficient (Wildman–Crippen LogP) is 5.23. The van der Waals surface area contributed by atoms with Gasteiger partial charge in [0.1, 0.15) is 0 Å². The van der Waals surface area contributed by atoms with Crippen LogP contribution in [0.3, 0.4) is 0 Å². The van der Waals surface area contributed by atoms with Crippen molar-refractivity contribution in [1.29, 1.82) is 0 Å². The second-order valence-electron chi connectivity index (χ2n) is 6.95. The summed E-state index contributed by atoms with van der Waals surface area (Å²) in [4.78, 5) is 3.79. The van der Waals surface area contributed by atoms with Crippen LogP contribution in [0.1, 0.15) is 22.0 Å². The van der Waals surface area contributed by atoms with Gasteiger partial charge in [-0.2, -0.15) is 5.10 Å². The van der Waals surface area contributed by atoms with E-state index in [0.717, 1.165) is 30.0 Å². The van der Waals surface area contributed by atoms with Crippen molar-refractivity contribution in [2.24, 2.45) is 5.10 Å². The first-order valence-corrected chi connectivity index (χ1v) is 10.9. The van der Waals surface area contributed by atoms with Crippen molar-refractivity contribution in [2.75, 3.05) is 26.2 Å². The SMILES string of the molecule is Brc1ccc(/C=N/N2CCN(C3c4ccccc4-c4ccccc43)CC2)s1. The smallest absolute Gasteiger partial charge is 0.0705 e. The summed E-state index contributed by atoms with van der Waals surface area (Å²) in [6.45, 7) is 3.98. The second-order valence-corrected chi connectivity index (χ2v) is 9.45. The summed E-state index contributed by atoms with van der Waals surface area (Å²) in [6, 6.07) is 22.3. The fourth-order valence-electron chi connectivity index (χ4n) is 4.14. The highest BCUT2D eigenvalue weighted by Crippen LogP contribution is 2.46. The summed E-state index contributed by atoms with van der Waals surface area (Å²) in [5.74, 6) is 0. The minimum Gasteiger partial charge on any atom is -0.294 e. The van der Waals surface area contributed by atoms with Crippen LogP contribution in [0.5, 0.6) is 0 Å². The molecule has 0 atom stereocenters. The zero-order valence-electron chi connectivity index (χ0n) is 14.9. The van der Waals surface area contributed by atoms with Gasteiger partial charge in [-0.05, 0) is 50.3 Å². The van der Waals surface area contributed by atoms with Crippen molar-refractivity contribution in [2.45, 2.75) is 6.04 Å². The number of rotatable bonds is 3. The number of piperazine rings is 1. The fourth-order valence-corrected chi connectivity index (χ4v) is 5.43. The topological polar surface area (TPSA) is 18.8 Å². The number of hydrogen-bond acceptors (Lipinski definition) is 4. The maximum absolute atomic E-state index is 4.69. The molecule has 0 unspecified atom stereocenters. The first kappa shape index (κ1) is 17.2. The summed E-state index contributed by atoms with van der Waals surface area (Å²) in [6.07, 6.45) is 1.98. The highest BCUT2D eigenvalue weighted by Gasteiger charge is 2.33. The van der Waals surface area contributed by atoms with E-state index in [1.54, 1.807) is 11.3 Å². The van der Waals surface area contributed by atoms with Gasteiger partial charge in [0.2, 0.25) is 0 Å². The molecule has 3 aromatic rings. The van der Waals surface area contributed by atoms with Gasteiger partial charge < -0.3 is 0 Å². The molecule has 2 aromatic carbocycles. The summed E-state index contributed by atoms with van der Waals surface area (Å²) in [7, 11) is 0. The van der Waals surface area contributed by atoms with E-state index in [1.165, 1.54) is 27.1 Å². The Balaban J connectivity index is 1.33. The van der Waals surface area contributed by atoms with Gasteiger partial charge >= 0.3 is 0 Å². The number of halogens is 1. The van der Waals surface area contributed by atoms with Crippen LogP contribution in [0.2, 0.25) is 0 Å². The number of thiophene rings is 1. The molecule has 2 heterocycles. The maximum atomic E-state index is 4.69. The lowest BCUT2D eigenvalue weighted by molar-refractivity contribution is 0.114. The number of hydrazone groups is 1. The van der Waals surface area contributed by atoms with Crippen LogP contribution in [-0.4, -0.2) is 42.3 Å². The average molecular weight is 438 g/mol. The zero-order valence-corrected chi connectivity index (χ0v) is 17.3. The molecular formula is C22H20BrN3S. The maximum Gasteiger partial charge on any atom is 0.0705 e. The molecule has 1 aliphatic carbocycles. The molecular weight excluding hydrogens is 418 g/mol. The fraction of sp³-hybridized carbons (Fsp3) is 0.227. The van der Waals surface area contributed by atoms with Gasteiger partial charge in [-0.3, -0.25) is 9.91 Å². The molecule has 1 fully saturated rings. The van der Waals surface area contributed by atoms with E-state index in [0.29, 0.717) is 6.04 Å². The summed E-state index contributed by atoms with van der Waals surface area (Å²) < 4.78 is 1.15. The average Bonchev–Trinajstić information content (AvgIpc) is 3.28. The van der Waals surface area contributed by atoms with E-state index >= 15 is 0 Å². The zero-order chi connectivity index (χ0) is 18.2. The largest absolute Gasteiger partial charge is 0.294 e. The number of nitrogens with zero attached hydrogens (tertiary/aromatic N) is 3. The van der Waals surface area contributed by atoms with Gasteiger partial charge in [0, 0.05) is 31.1 Å². The van der Waals surface area contributed by atoms with Crippen LogP contribution in [0, 0.1) is 0 Å². The summed E-state index contributed by atoms with van der Waals surface area (Å²) in [5.41, 5.74) is 5.67. The molecule has 1 aliphatic heterocycles. The highest BCUT2D eigenvalue weighted by molar-refractivity contribution is 9.11. The van der Waals surface area contributed by atoms with E-state index in [2.05, 4.69) is 91.6 Å². The van der Waals surface area contributed by atoms with Crippen molar-refractivity contribution >= 4 is 33.5 Å². The monoisotopic (exact) mass is 437 g/mol. The van der Waals surface area contributed by atoms with Gasteiger partial charge in [-0.25, -0.2) is 0 Å². The molecule has 1 aromatic heterocycles. The Kier molecular flexibility index (Phi) is 4.60. The molecule has 3 nitrogen and oxygen atoms in total. The molecule has 2 aliphatic rings. The lowest BCUT2D eigenvalue weighted by atomic mass is 10.0. The quantitative estimate of drug-likeness (QED) is 0.522. The van der Waals surface area contributed by atoms with Crippen molar-refractivity contribution in [1.82, 2.24) is 9.91 Å². The normalized spacial score (nSPS) is 17.4. The molecule has 1 saturated heterocycles. The van der Waals surface area contributed by atoms with Crippen LogP contribution in [0.15, 0.2) is 69.6 Å².